The molecule has 1 saturated heterocycles. The molecule has 174 valence electrons. The van der Waals surface area contributed by atoms with E-state index in [4.69, 9.17) is 4.74 Å². The van der Waals surface area contributed by atoms with Gasteiger partial charge in [0.05, 0.1) is 10.5 Å². The SMILES string of the molecule is Cc1[nH]c2ccccc2c1C(=O)COC(=O)c1cc(Br)cc(S(=O)(=O)N2CCC(C)CC2)c1. The molecule has 3 aromatic rings. The highest BCUT2D eigenvalue weighted by atomic mass is 79.9. The number of aromatic nitrogens is 1. The Hall–Kier alpha value is -2.49. The van der Waals surface area contributed by atoms with E-state index in [0.717, 1.165) is 23.7 Å². The van der Waals surface area contributed by atoms with Crippen molar-refractivity contribution < 1.29 is 22.7 Å². The molecular weight excluding hydrogens is 508 g/mol. The van der Waals surface area contributed by atoms with Gasteiger partial charge in [0, 0.05) is 39.7 Å². The lowest BCUT2D eigenvalue weighted by Gasteiger charge is -2.29. The molecule has 1 fully saturated rings. The van der Waals surface area contributed by atoms with Crippen LogP contribution < -0.4 is 0 Å². The molecule has 4 rings (SSSR count). The standard InChI is InChI=1S/C24H25BrN2O5S/c1-15-7-9-27(10-8-15)33(30,31)19-12-17(11-18(25)13-19)24(29)32-14-22(28)23-16(2)26-21-6-4-3-5-20(21)23/h3-6,11-13,15,26H,7-10,14H2,1-2H3. The van der Waals surface area contributed by atoms with Crippen molar-refractivity contribution >= 4 is 48.6 Å². The van der Waals surface area contributed by atoms with E-state index in [9.17, 15) is 18.0 Å². The summed E-state index contributed by atoms with van der Waals surface area (Å²) in [6.07, 6.45) is 1.61. The third-order valence-corrected chi connectivity index (χ3v) is 8.33. The zero-order valence-corrected chi connectivity index (χ0v) is 20.8. The summed E-state index contributed by atoms with van der Waals surface area (Å²) in [6.45, 7) is 4.36. The van der Waals surface area contributed by atoms with Gasteiger partial charge in [0.25, 0.3) is 0 Å². The Morgan fingerprint density at radius 1 is 1.15 bits per heavy atom. The van der Waals surface area contributed by atoms with Crippen LogP contribution in [0.1, 0.15) is 46.2 Å². The molecule has 0 spiro atoms. The first-order valence-electron chi connectivity index (χ1n) is 10.7. The number of Topliss-reactive ketones (excluding diaryl/α,β-unsaturated/α-hetero) is 1. The highest BCUT2D eigenvalue weighted by molar-refractivity contribution is 9.10. The van der Waals surface area contributed by atoms with Gasteiger partial charge in [0.2, 0.25) is 15.8 Å². The molecule has 0 bridgehead atoms. The molecule has 1 aliphatic rings. The van der Waals surface area contributed by atoms with E-state index in [2.05, 4.69) is 27.8 Å². The lowest BCUT2D eigenvalue weighted by molar-refractivity contribution is 0.0474. The van der Waals surface area contributed by atoms with Gasteiger partial charge in [0.1, 0.15) is 0 Å². The van der Waals surface area contributed by atoms with E-state index in [1.54, 1.807) is 6.92 Å². The van der Waals surface area contributed by atoms with Crippen LogP contribution in [0.4, 0.5) is 0 Å². The third-order valence-electron chi connectivity index (χ3n) is 5.99. The lowest BCUT2D eigenvalue weighted by atomic mass is 10.0. The molecular formula is C24H25BrN2O5S. The normalized spacial score (nSPS) is 15.6. The van der Waals surface area contributed by atoms with Crippen molar-refractivity contribution in [3.8, 4) is 0 Å². The Kier molecular flexibility index (Phi) is 6.74. The number of H-pyrrole nitrogens is 1. The van der Waals surface area contributed by atoms with Crippen LogP contribution in [0.3, 0.4) is 0 Å². The van der Waals surface area contributed by atoms with Crippen LogP contribution in [-0.2, 0) is 14.8 Å². The van der Waals surface area contributed by atoms with Crippen molar-refractivity contribution in [3.05, 3.63) is 63.8 Å². The number of benzene rings is 2. The minimum Gasteiger partial charge on any atom is -0.454 e. The maximum absolute atomic E-state index is 13.1. The smallest absolute Gasteiger partial charge is 0.338 e. The van der Waals surface area contributed by atoms with E-state index < -0.39 is 22.6 Å². The number of fused-ring (bicyclic) bond motifs is 1. The Labute approximate surface area is 201 Å². The maximum atomic E-state index is 13.1. The number of hydrogen-bond donors (Lipinski definition) is 1. The van der Waals surface area contributed by atoms with Crippen LogP contribution in [-0.4, -0.2) is 49.2 Å². The molecule has 1 aromatic heterocycles. The van der Waals surface area contributed by atoms with Crippen LogP contribution in [0, 0.1) is 12.8 Å². The monoisotopic (exact) mass is 532 g/mol. The number of esters is 1. The van der Waals surface area contributed by atoms with Gasteiger partial charge in [0.15, 0.2) is 6.61 Å². The number of aryl methyl sites for hydroxylation is 1. The Morgan fingerprint density at radius 3 is 2.58 bits per heavy atom. The summed E-state index contributed by atoms with van der Waals surface area (Å²) in [4.78, 5) is 28.7. The molecule has 1 N–H and O–H groups in total. The Morgan fingerprint density at radius 2 is 1.85 bits per heavy atom. The first-order valence-corrected chi connectivity index (χ1v) is 13.0. The maximum Gasteiger partial charge on any atom is 0.338 e. The number of piperidine rings is 1. The molecule has 0 unspecified atom stereocenters. The number of aromatic amines is 1. The number of carbonyl (C=O) groups is 2. The van der Waals surface area contributed by atoms with Gasteiger partial charge in [-0.2, -0.15) is 4.31 Å². The average molecular weight is 533 g/mol. The lowest BCUT2D eigenvalue weighted by Crippen LogP contribution is -2.37. The Bertz CT molecular complexity index is 1320. The minimum atomic E-state index is -3.74. The minimum absolute atomic E-state index is 0.0252. The number of para-hydroxylation sites is 1. The van der Waals surface area contributed by atoms with Gasteiger partial charge < -0.3 is 9.72 Å². The molecule has 7 nitrogen and oxygen atoms in total. The predicted octanol–water partition coefficient (Wildman–Crippen LogP) is 4.70. The second-order valence-electron chi connectivity index (χ2n) is 8.43. The van der Waals surface area contributed by atoms with Crippen LogP contribution in [0.15, 0.2) is 51.8 Å². The average Bonchev–Trinajstić information content (AvgIpc) is 3.12. The van der Waals surface area contributed by atoms with Gasteiger partial charge in [-0.05, 0) is 49.9 Å². The first kappa shape index (κ1) is 23.7. The van der Waals surface area contributed by atoms with Gasteiger partial charge in [-0.15, -0.1) is 0 Å². The zero-order valence-electron chi connectivity index (χ0n) is 18.4. The fourth-order valence-electron chi connectivity index (χ4n) is 4.13. The van der Waals surface area contributed by atoms with E-state index in [1.807, 2.05) is 24.3 Å². The van der Waals surface area contributed by atoms with Crippen molar-refractivity contribution in [1.82, 2.24) is 9.29 Å². The molecule has 2 heterocycles. The summed E-state index contributed by atoms with van der Waals surface area (Å²) in [5.41, 5.74) is 2.08. The fourth-order valence-corrected chi connectivity index (χ4v) is 6.31. The largest absolute Gasteiger partial charge is 0.454 e. The number of halogens is 1. The van der Waals surface area contributed by atoms with Gasteiger partial charge in [-0.1, -0.05) is 41.1 Å². The number of hydrogen-bond acceptors (Lipinski definition) is 5. The number of rotatable bonds is 6. The highest BCUT2D eigenvalue weighted by Gasteiger charge is 2.29. The van der Waals surface area contributed by atoms with Crippen LogP contribution in [0.5, 0.6) is 0 Å². The summed E-state index contributed by atoms with van der Waals surface area (Å²) in [6, 6.07) is 11.7. The Balaban J connectivity index is 1.51. The second kappa shape index (κ2) is 9.40. The van der Waals surface area contributed by atoms with Crippen molar-refractivity contribution in [3.63, 3.8) is 0 Å². The van der Waals surface area contributed by atoms with Crippen molar-refractivity contribution in [2.24, 2.45) is 5.92 Å². The summed E-state index contributed by atoms with van der Waals surface area (Å²) < 4.78 is 33.4. The van der Waals surface area contributed by atoms with Crippen molar-refractivity contribution in [1.29, 1.82) is 0 Å². The van der Waals surface area contributed by atoms with E-state index >= 15 is 0 Å². The van der Waals surface area contributed by atoms with E-state index in [1.165, 1.54) is 22.5 Å². The van der Waals surface area contributed by atoms with Crippen LogP contribution in [0.25, 0.3) is 10.9 Å². The summed E-state index contributed by atoms with van der Waals surface area (Å²) >= 11 is 3.29. The predicted molar refractivity (Wildman–Crippen MR) is 129 cm³/mol. The third kappa shape index (κ3) is 4.90. The van der Waals surface area contributed by atoms with Crippen molar-refractivity contribution in [2.75, 3.05) is 19.7 Å². The van der Waals surface area contributed by atoms with E-state index in [0.29, 0.717) is 34.7 Å². The summed E-state index contributed by atoms with van der Waals surface area (Å²) in [5, 5.41) is 0.766. The van der Waals surface area contributed by atoms with Crippen LogP contribution >= 0.6 is 15.9 Å². The number of ketones is 1. The highest BCUT2D eigenvalue weighted by Crippen LogP contribution is 2.27. The summed E-state index contributed by atoms with van der Waals surface area (Å²) in [5.74, 6) is -0.600. The van der Waals surface area contributed by atoms with Gasteiger partial charge >= 0.3 is 5.97 Å². The molecule has 33 heavy (non-hydrogen) atoms. The number of nitrogens with one attached hydrogen (secondary N) is 1. The number of sulfonamides is 1. The van der Waals surface area contributed by atoms with Crippen molar-refractivity contribution in [2.45, 2.75) is 31.6 Å². The number of ether oxygens (including phenoxy) is 1. The number of nitrogens with zero attached hydrogens (tertiary/aromatic N) is 1. The molecule has 0 atom stereocenters. The van der Waals surface area contributed by atoms with Gasteiger partial charge in [-0.3, -0.25) is 4.79 Å². The molecule has 0 radical (unpaired) electrons. The molecule has 2 aromatic carbocycles. The molecule has 0 saturated carbocycles. The molecule has 0 aliphatic carbocycles. The van der Waals surface area contributed by atoms with Crippen LogP contribution in [0.2, 0.25) is 0 Å². The van der Waals surface area contributed by atoms with Gasteiger partial charge in [-0.25, -0.2) is 13.2 Å². The molecule has 1 aliphatic heterocycles. The second-order valence-corrected chi connectivity index (χ2v) is 11.3. The van der Waals surface area contributed by atoms with E-state index in [-0.39, 0.29) is 16.2 Å². The summed E-state index contributed by atoms with van der Waals surface area (Å²) in [7, 11) is -3.74. The zero-order chi connectivity index (χ0) is 23.8. The first-order chi connectivity index (χ1) is 15.7. The quantitative estimate of drug-likeness (QED) is 0.366. The fraction of sp³-hybridized carbons (Fsp3) is 0.333. The molecule has 0 amide bonds. The number of carbonyl (C=O) groups excluding carboxylic acids is 2. The topological polar surface area (TPSA) is 96.5 Å². The molecule has 9 heteroatoms.